The molecule has 0 aromatic heterocycles. The second kappa shape index (κ2) is 6.03. The Balaban J connectivity index is 1.80. The lowest BCUT2D eigenvalue weighted by atomic mass is 10.00. The second-order valence-electron chi connectivity index (χ2n) is 6.33. The molecule has 0 heterocycles. The number of hydrogen-bond acceptors (Lipinski definition) is 1. The van der Waals surface area contributed by atoms with E-state index in [2.05, 4.69) is 68.6 Å². The molecule has 2 aromatic rings. The third-order valence-electron chi connectivity index (χ3n) is 4.67. The van der Waals surface area contributed by atoms with Crippen molar-refractivity contribution in [1.29, 1.82) is 0 Å². The second-order valence-corrected chi connectivity index (χ2v) is 6.33. The molecule has 0 spiro atoms. The first-order valence-corrected chi connectivity index (χ1v) is 8.09. The Hall–Kier alpha value is -1.60. The Morgan fingerprint density at radius 2 is 1.76 bits per heavy atom. The number of fused-ring (bicyclic) bond motifs is 1. The summed E-state index contributed by atoms with van der Waals surface area (Å²) in [5.74, 6) is 0. The van der Waals surface area contributed by atoms with Crippen LogP contribution < -0.4 is 5.32 Å². The van der Waals surface area contributed by atoms with E-state index in [1.165, 1.54) is 40.7 Å². The van der Waals surface area contributed by atoms with Crippen molar-refractivity contribution in [2.24, 2.45) is 0 Å². The molecule has 0 bridgehead atoms. The molecule has 0 saturated carbocycles. The summed E-state index contributed by atoms with van der Waals surface area (Å²) >= 11 is 0. The van der Waals surface area contributed by atoms with Gasteiger partial charge in [-0.05, 0) is 49.8 Å². The van der Waals surface area contributed by atoms with Crippen molar-refractivity contribution in [1.82, 2.24) is 5.32 Å². The van der Waals surface area contributed by atoms with E-state index in [9.17, 15) is 0 Å². The lowest BCUT2D eigenvalue weighted by Gasteiger charge is -2.23. The predicted octanol–water partition coefficient (Wildman–Crippen LogP) is 5.03. The maximum atomic E-state index is 3.88. The largest absolute Gasteiger partial charge is 0.303 e. The van der Waals surface area contributed by atoms with Crippen molar-refractivity contribution >= 4 is 0 Å². The number of benzene rings is 2. The van der Waals surface area contributed by atoms with Gasteiger partial charge in [-0.1, -0.05) is 60.5 Å². The maximum absolute atomic E-state index is 3.88. The van der Waals surface area contributed by atoms with Crippen LogP contribution in [-0.2, 0) is 6.42 Å². The van der Waals surface area contributed by atoms with Crippen LogP contribution >= 0.6 is 0 Å². The van der Waals surface area contributed by atoms with Gasteiger partial charge in [-0.3, -0.25) is 0 Å². The highest BCUT2D eigenvalue weighted by molar-refractivity contribution is 5.38. The molecule has 1 heteroatoms. The van der Waals surface area contributed by atoms with Crippen molar-refractivity contribution in [3.8, 4) is 0 Å². The third kappa shape index (κ3) is 3.03. The highest BCUT2D eigenvalue weighted by atomic mass is 15.0. The first-order valence-electron chi connectivity index (χ1n) is 8.09. The molecule has 1 aliphatic rings. The molecule has 2 aromatic carbocycles. The van der Waals surface area contributed by atoms with Gasteiger partial charge in [-0.25, -0.2) is 0 Å². The zero-order chi connectivity index (χ0) is 14.8. The van der Waals surface area contributed by atoms with E-state index in [4.69, 9.17) is 0 Å². The van der Waals surface area contributed by atoms with E-state index in [1.54, 1.807) is 0 Å². The summed E-state index contributed by atoms with van der Waals surface area (Å²) in [6.45, 7) is 6.60. The SMILES string of the molecule is CCC(NC1CCc2ccc(C)cc21)c1ccc(C)cc1. The minimum atomic E-state index is 0.446. The molecule has 3 rings (SSSR count). The van der Waals surface area contributed by atoms with Gasteiger partial charge < -0.3 is 5.32 Å². The Kier molecular flexibility index (Phi) is 4.12. The van der Waals surface area contributed by atoms with Crippen LogP contribution in [0.5, 0.6) is 0 Å². The van der Waals surface area contributed by atoms with Crippen LogP contribution in [0, 0.1) is 13.8 Å². The Labute approximate surface area is 128 Å². The quantitative estimate of drug-likeness (QED) is 0.827. The molecule has 0 saturated heterocycles. The van der Waals surface area contributed by atoms with E-state index in [-0.39, 0.29) is 0 Å². The normalized spacial score (nSPS) is 18.5. The molecule has 2 unspecified atom stereocenters. The fourth-order valence-corrected chi connectivity index (χ4v) is 3.39. The highest BCUT2D eigenvalue weighted by Crippen LogP contribution is 2.34. The molecule has 0 fully saturated rings. The van der Waals surface area contributed by atoms with Crippen molar-refractivity contribution in [3.05, 3.63) is 70.3 Å². The molecule has 2 atom stereocenters. The van der Waals surface area contributed by atoms with Gasteiger partial charge in [0.15, 0.2) is 0 Å². The molecule has 1 aliphatic carbocycles. The van der Waals surface area contributed by atoms with Gasteiger partial charge in [0.1, 0.15) is 0 Å². The van der Waals surface area contributed by atoms with E-state index in [0.717, 1.165) is 6.42 Å². The molecule has 0 aliphatic heterocycles. The first kappa shape index (κ1) is 14.3. The predicted molar refractivity (Wildman–Crippen MR) is 89.6 cm³/mol. The van der Waals surface area contributed by atoms with Crippen LogP contribution in [0.4, 0.5) is 0 Å². The third-order valence-corrected chi connectivity index (χ3v) is 4.67. The summed E-state index contributed by atoms with van der Waals surface area (Å²) in [5.41, 5.74) is 7.14. The average molecular weight is 279 g/mol. The molecule has 110 valence electrons. The van der Waals surface area contributed by atoms with Crippen LogP contribution in [0.15, 0.2) is 42.5 Å². The molecule has 0 amide bonds. The molecule has 21 heavy (non-hydrogen) atoms. The number of rotatable bonds is 4. The van der Waals surface area contributed by atoms with Crippen molar-refractivity contribution in [3.63, 3.8) is 0 Å². The van der Waals surface area contributed by atoms with Gasteiger partial charge >= 0.3 is 0 Å². The average Bonchev–Trinajstić information content (AvgIpc) is 2.88. The van der Waals surface area contributed by atoms with Gasteiger partial charge in [0, 0.05) is 12.1 Å². The van der Waals surface area contributed by atoms with E-state index < -0.39 is 0 Å². The summed E-state index contributed by atoms with van der Waals surface area (Å²) in [6.07, 6.45) is 3.56. The van der Waals surface area contributed by atoms with Crippen LogP contribution in [0.3, 0.4) is 0 Å². The Morgan fingerprint density at radius 1 is 1.05 bits per heavy atom. The molecule has 0 radical (unpaired) electrons. The summed E-state index contributed by atoms with van der Waals surface area (Å²) in [7, 11) is 0. The van der Waals surface area contributed by atoms with E-state index in [1.807, 2.05) is 0 Å². The lowest BCUT2D eigenvalue weighted by Crippen LogP contribution is -2.24. The first-order chi connectivity index (χ1) is 10.2. The number of nitrogens with one attached hydrogen (secondary N) is 1. The molecule has 1 N–H and O–H groups in total. The molecular weight excluding hydrogens is 254 g/mol. The van der Waals surface area contributed by atoms with Gasteiger partial charge in [-0.2, -0.15) is 0 Å². The molecular formula is C20H25N. The summed E-state index contributed by atoms with van der Waals surface area (Å²) in [4.78, 5) is 0. The Bertz CT molecular complexity index is 612. The van der Waals surface area contributed by atoms with Crippen LogP contribution in [-0.4, -0.2) is 0 Å². The van der Waals surface area contributed by atoms with Gasteiger partial charge in [-0.15, -0.1) is 0 Å². The minimum Gasteiger partial charge on any atom is -0.303 e. The zero-order valence-corrected chi connectivity index (χ0v) is 13.3. The smallest absolute Gasteiger partial charge is 0.0331 e. The van der Waals surface area contributed by atoms with Gasteiger partial charge in [0.05, 0.1) is 0 Å². The van der Waals surface area contributed by atoms with E-state index >= 15 is 0 Å². The molecule has 1 nitrogen and oxygen atoms in total. The van der Waals surface area contributed by atoms with E-state index in [0.29, 0.717) is 12.1 Å². The highest BCUT2D eigenvalue weighted by Gasteiger charge is 2.24. The topological polar surface area (TPSA) is 12.0 Å². The summed E-state index contributed by atoms with van der Waals surface area (Å²) < 4.78 is 0. The fourth-order valence-electron chi connectivity index (χ4n) is 3.39. The number of aryl methyl sites for hydroxylation is 3. The maximum Gasteiger partial charge on any atom is 0.0331 e. The zero-order valence-electron chi connectivity index (χ0n) is 13.3. The van der Waals surface area contributed by atoms with Crippen LogP contribution in [0.25, 0.3) is 0 Å². The Morgan fingerprint density at radius 3 is 2.48 bits per heavy atom. The standard InChI is InChI=1S/C20H25N/c1-4-19(17-9-5-14(2)6-10-17)21-20-12-11-16-8-7-15(3)13-18(16)20/h5-10,13,19-21H,4,11-12H2,1-3H3. The van der Waals surface area contributed by atoms with Crippen molar-refractivity contribution < 1.29 is 0 Å². The van der Waals surface area contributed by atoms with Crippen molar-refractivity contribution in [2.45, 2.75) is 52.1 Å². The summed E-state index contributed by atoms with van der Waals surface area (Å²) in [5, 5.41) is 3.88. The number of hydrogen-bond donors (Lipinski definition) is 1. The minimum absolute atomic E-state index is 0.446. The fraction of sp³-hybridized carbons (Fsp3) is 0.400. The summed E-state index contributed by atoms with van der Waals surface area (Å²) in [6, 6.07) is 16.8. The van der Waals surface area contributed by atoms with Crippen LogP contribution in [0.1, 0.15) is 59.7 Å². The van der Waals surface area contributed by atoms with Gasteiger partial charge in [0.25, 0.3) is 0 Å². The van der Waals surface area contributed by atoms with Crippen molar-refractivity contribution in [2.75, 3.05) is 0 Å². The monoisotopic (exact) mass is 279 g/mol. The van der Waals surface area contributed by atoms with Crippen LogP contribution in [0.2, 0.25) is 0 Å². The van der Waals surface area contributed by atoms with Gasteiger partial charge in [0.2, 0.25) is 0 Å². The lowest BCUT2D eigenvalue weighted by molar-refractivity contribution is 0.433.